The fourth-order valence-corrected chi connectivity index (χ4v) is 3.05. The van der Waals surface area contributed by atoms with Crippen molar-refractivity contribution in [2.24, 2.45) is 5.92 Å². The van der Waals surface area contributed by atoms with Gasteiger partial charge in [0.1, 0.15) is 11.5 Å². The normalized spacial score (nSPS) is 10.3. The van der Waals surface area contributed by atoms with E-state index in [9.17, 15) is 14.4 Å². The first kappa shape index (κ1) is 28.1. The number of thiocarbonyl (C=S) groups is 1. The largest absolute Gasteiger partial charge is 0.492 e. The Balaban J connectivity index is 1.80. The number of hydrogen-bond acceptors (Lipinski definition) is 7. The molecular formula is C24H28BrN3O6S. The Hall–Kier alpha value is -3.18. The number of carbonyl (C=O) groups excluding carboxylic acids is 3. The highest BCUT2D eigenvalue weighted by molar-refractivity contribution is 9.10. The first-order chi connectivity index (χ1) is 16.7. The van der Waals surface area contributed by atoms with Gasteiger partial charge < -0.3 is 14.2 Å². The van der Waals surface area contributed by atoms with Crippen LogP contribution in [-0.2, 0) is 9.53 Å². The molecule has 35 heavy (non-hydrogen) atoms. The molecule has 0 fully saturated rings. The standard InChI is InChI=1S/C24H28BrN3O6S/c1-4-11-32-23(31)16-5-8-18(9-6-16)33-14-21(29)27-28-24(35)26-22(30)19-12-17(25)7-10-20(19)34-13-15(2)3/h5-10,12,15H,4,11,13-14H2,1-3H3,(H,27,29)(H2,26,28,30,35). The van der Waals surface area contributed by atoms with Gasteiger partial charge in [-0.05, 0) is 67.0 Å². The lowest BCUT2D eigenvalue weighted by molar-refractivity contribution is -0.123. The molecule has 0 saturated carbocycles. The van der Waals surface area contributed by atoms with Crippen LogP contribution in [0.1, 0.15) is 47.9 Å². The molecular weight excluding hydrogens is 538 g/mol. The molecule has 0 bridgehead atoms. The van der Waals surface area contributed by atoms with Gasteiger partial charge in [-0.25, -0.2) is 4.79 Å². The molecule has 9 nitrogen and oxygen atoms in total. The van der Waals surface area contributed by atoms with Crippen molar-refractivity contribution in [2.45, 2.75) is 27.2 Å². The molecule has 0 aromatic heterocycles. The lowest BCUT2D eigenvalue weighted by Gasteiger charge is -2.15. The highest BCUT2D eigenvalue weighted by Crippen LogP contribution is 2.23. The molecule has 3 N–H and O–H groups in total. The molecule has 0 spiro atoms. The summed E-state index contributed by atoms with van der Waals surface area (Å²) in [5.74, 6) is -0.342. The number of amides is 2. The van der Waals surface area contributed by atoms with Crippen molar-refractivity contribution in [1.29, 1.82) is 0 Å². The predicted molar refractivity (Wildman–Crippen MR) is 138 cm³/mol. The van der Waals surface area contributed by atoms with E-state index in [2.05, 4.69) is 32.1 Å². The summed E-state index contributed by atoms with van der Waals surface area (Å²) >= 11 is 8.42. The number of carbonyl (C=O) groups is 3. The number of halogens is 1. The van der Waals surface area contributed by atoms with E-state index in [-0.39, 0.29) is 17.6 Å². The lowest BCUT2D eigenvalue weighted by Crippen LogP contribution is -2.49. The van der Waals surface area contributed by atoms with Crippen molar-refractivity contribution in [3.05, 3.63) is 58.1 Å². The summed E-state index contributed by atoms with van der Waals surface area (Å²) < 4.78 is 16.9. The van der Waals surface area contributed by atoms with Gasteiger partial charge in [-0.3, -0.25) is 25.8 Å². The van der Waals surface area contributed by atoms with Crippen LogP contribution >= 0.6 is 28.1 Å². The van der Waals surface area contributed by atoms with Crippen LogP contribution in [-0.4, -0.2) is 42.7 Å². The summed E-state index contributed by atoms with van der Waals surface area (Å²) in [4.78, 5) is 36.5. The van der Waals surface area contributed by atoms with E-state index >= 15 is 0 Å². The monoisotopic (exact) mass is 565 g/mol. The smallest absolute Gasteiger partial charge is 0.338 e. The van der Waals surface area contributed by atoms with Crippen LogP contribution in [0.2, 0.25) is 0 Å². The van der Waals surface area contributed by atoms with Gasteiger partial charge in [0.2, 0.25) is 0 Å². The molecule has 0 heterocycles. The minimum Gasteiger partial charge on any atom is -0.492 e. The van der Waals surface area contributed by atoms with E-state index < -0.39 is 17.8 Å². The molecule has 2 aromatic carbocycles. The summed E-state index contributed by atoms with van der Waals surface area (Å²) in [5.41, 5.74) is 5.48. The SMILES string of the molecule is CCCOC(=O)c1ccc(OCC(=O)NNC(=S)NC(=O)c2cc(Br)ccc2OCC(C)C)cc1. The molecule has 188 valence electrons. The number of hydrazine groups is 1. The Labute approximate surface area is 218 Å². The van der Waals surface area contributed by atoms with Gasteiger partial charge in [-0.15, -0.1) is 0 Å². The molecule has 0 saturated heterocycles. The zero-order valence-corrected chi connectivity index (χ0v) is 22.1. The summed E-state index contributed by atoms with van der Waals surface area (Å²) in [6.45, 7) is 6.40. The van der Waals surface area contributed by atoms with E-state index in [4.69, 9.17) is 26.4 Å². The summed E-state index contributed by atoms with van der Waals surface area (Å²) in [7, 11) is 0. The maximum absolute atomic E-state index is 12.7. The fourth-order valence-electron chi connectivity index (χ4n) is 2.54. The third-order valence-corrected chi connectivity index (χ3v) is 4.90. The second-order valence-electron chi connectivity index (χ2n) is 7.75. The van der Waals surface area contributed by atoms with Gasteiger partial charge in [0.25, 0.3) is 11.8 Å². The van der Waals surface area contributed by atoms with Crippen LogP contribution in [0.4, 0.5) is 0 Å². The quantitative estimate of drug-likeness (QED) is 0.226. The second-order valence-corrected chi connectivity index (χ2v) is 9.07. The molecule has 2 aromatic rings. The Morgan fingerprint density at radius 3 is 2.40 bits per heavy atom. The maximum Gasteiger partial charge on any atom is 0.338 e. The van der Waals surface area contributed by atoms with Crippen molar-refractivity contribution < 1.29 is 28.6 Å². The Bertz CT molecular complexity index is 1050. The van der Waals surface area contributed by atoms with Gasteiger partial charge in [-0.2, -0.15) is 0 Å². The minimum absolute atomic E-state index is 0.104. The average Bonchev–Trinajstić information content (AvgIpc) is 2.84. The van der Waals surface area contributed by atoms with Gasteiger partial charge >= 0.3 is 5.97 Å². The summed E-state index contributed by atoms with van der Waals surface area (Å²) in [6.07, 6.45) is 0.737. The van der Waals surface area contributed by atoms with E-state index in [1.807, 2.05) is 20.8 Å². The van der Waals surface area contributed by atoms with Crippen LogP contribution in [0, 0.1) is 5.92 Å². The van der Waals surface area contributed by atoms with Crippen LogP contribution in [0.5, 0.6) is 11.5 Å². The number of hydrogen-bond donors (Lipinski definition) is 3. The number of benzene rings is 2. The Kier molecular flexibility index (Phi) is 11.4. The highest BCUT2D eigenvalue weighted by Gasteiger charge is 2.16. The Morgan fingerprint density at radius 1 is 1.03 bits per heavy atom. The fraction of sp³-hybridized carbons (Fsp3) is 0.333. The second kappa shape index (κ2) is 14.3. The predicted octanol–water partition coefficient (Wildman–Crippen LogP) is 3.77. The van der Waals surface area contributed by atoms with E-state index in [0.29, 0.717) is 40.3 Å². The van der Waals surface area contributed by atoms with Gasteiger partial charge in [0, 0.05) is 4.47 Å². The van der Waals surface area contributed by atoms with E-state index in [0.717, 1.165) is 6.42 Å². The molecule has 0 atom stereocenters. The van der Waals surface area contributed by atoms with Gasteiger partial charge in [-0.1, -0.05) is 36.7 Å². The lowest BCUT2D eigenvalue weighted by atomic mass is 10.2. The molecule has 0 unspecified atom stereocenters. The Morgan fingerprint density at radius 2 is 1.74 bits per heavy atom. The van der Waals surface area contributed by atoms with Crippen LogP contribution in [0.15, 0.2) is 46.9 Å². The van der Waals surface area contributed by atoms with Gasteiger partial charge in [0.15, 0.2) is 11.7 Å². The molecule has 0 aliphatic rings. The third-order valence-electron chi connectivity index (χ3n) is 4.20. The van der Waals surface area contributed by atoms with Crippen molar-refractivity contribution in [3.63, 3.8) is 0 Å². The minimum atomic E-state index is -0.531. The zero-order chi connectivity index (χ0) is 25.8. The van der Waals surface area contributed by atoms with Crippen LogP contribution in [0.3, 0.4) is 0 Å². The highest BCUT2D eigenvalue weighted by atomic mass is 79.9. The third kappa shape index (κ3) is 9.91. The number of nitrogens with one attached hydrogen (secondary N) is 3. The summed E-state index contributed by atoms with van der Waals surface area (Å²) in [6, 6.07) is 11.3. The van der Waals surface area contributed by atoms with E-state index in [1.54, 1.807) is 42.5 Å². The average molecular weight is 566 g/mol. The molecule has 0 radical (unpaired) electrons. The van der Waals surface area contributed by atoms with Crippen molar-refractivity contribution >= 4 is 51.0 Å². The summed E-state index contributed by atoms with van der Waals surface area (Å²) in [5, 5.41) is 2.39. The topological polar surface area (TPSA) is 115 Å². The first-order valence-electron chi connectivity index (χ1n) is 10.9. The van der Waals surface area contributed by atoms with Crippen LogP contribution < -0.4 is 25.6 Å². The van der Waals surface area contributed by atoms with Crippen molar-refractivity contribution in [2.75, 3.05) is 19.8 Å². The van der Waals surface area contributed by atoms with Crippen LogP contribution in [0.25, 0.3) is 0 Å². The molecule has 2 rings (SSSR count). The molecule has 0 aliphatic carbocycles. The molecule has 0 aliphatic heterocycles. The molecule has 2 amide bonds. The van der Waals surface area contributed by atoms with E-state index in [1.165, 1.54) is 0 Å². The van der Waals surface area contributed by atoms with Crippen molar-refractivity contribution in [1.82, 2.24) is 16.2 Å². The number of rotatable bonds is 10. The molecule has 11 heteroatoms. The van der Waals surface area contributed by atoms with Crippen molar-refractivity contribution in [3.8, 4) is 11.5 Å². The zero-order valence-electron chi connectivity index (χ0n) is 19.7. The number of esters is 1. The maximum atomic E-state index is 12.7. The first-order valence-corrected chi connectivity index (χ1v) is 12.1. The van der Waals surface area contributed by atoms with Gasteiger partial charge in [0.05, 0.1) is 24.3 Å². The number of ether oxygens (including phenoxy) is 3.